The van der Waals surface area contributed by atoms with Gasteiger partial charge in [-0.3, -0.25) is 4.79 Å². The fourth-order valence-corrected chi connectivity index (χ4v) is 2.80. The van der Waals surface area contributed by atoms with Crippen LogP contribution in [0, 0.1) is 0 Å². The highest BCUT2D eigenvalue weighted by molar-refractivity contribution is 7.09. The Morgan fingerprint density at radius 1 is 1.75 bits per heavy atom. The third-order valence-corrected chi connectivity index (χ3v) is 4.08. The minimum Gasteiger partial charge on any atom is -0.481 e. The summed E-state index contributed by atoms with van der Waals surface area (Å²) in [5.74, 6) is -0.773. The SMILES string of the molecule is CC1(c2nc(CCC(=O)O)cs2)CCOC1. The maximum Gasteiger partial charge on any atom is 0.303 e. The van der Waals surface area contributed by atoms with Crippen molar-refractivity contribution < 1.29 is 14.6 Å². The Labute approximate surface area is 98.3 Å². The number of rotatable bonds is 4. The third-order valence-electron chi connectivity index (χ3n) is 2.88. The van der Waals surface area contributed by atoms with Crippen molar-refractivity contribution in [2.24, 2.45) is 0 Å². The second-order valence-electron chi connectivity index (χ2n) is 4.40. The van der Waals surface area contributed by atoms with Crippen molar-refractivity contribution in [2.75, 3.05) is 13.2 Å². The van der Waals surface area contributed by atoms with E-state index in [1.165, 1.54) is 0 Å². The van der Waals surface area contributed by atoms with E-state index in [4.69, 9.17) is 9.84 Å². The molecule has 88 valence electrons. The molecular formula is C11H15NO3S. The third kappa shape index (κ3) is 2.41. The zero-order valence-electron chi connectivity index (χ0n) is 9.23. The molecule has 1 aromatic heterocycles. The molecule has 0 radical (unpaired) electrons. The minimum atomic E-state index is -0.773. The molecule has 0 spiro atoms. The van der Waals surface area contributed by atoms with Crippen LogP contribution in [0.25, 0.3) is 0 Å². The van der Waals surface area contributed by atoms with Crippen molar-refractivity contribution in [2.45, 2.75) is 31.6 Å². The summed E-state index contributed by atoms with van der Waals surface area (Å²) in [5.41, 5.74) is 0.919. The summed E-state index contributed by atoms with van der Waals surface area (Å²) in [6.45, 7) is 3.67. The van der Waals surface area contributed by atoms with Crippen LogP contribution in [0.15, 0.2) is 5.38 Å². The fraction of sp³-hybridized carbons (Fsp3) is 0.636. The lowest BCUT2D eigenvalue weighted by Crippen LogP contribution is -2.21. The van der Waals surface area contributed by atoms with Crippen LogP contribution < -0.4 is 0 Å². The lowest BCUT2D eigenvalue weighted by Gasteiger charge is -2.17. The van der Waals surface area contributed by atoms with Crippen LogP contribution in [-0.4, -0.2) is 29.3 Å². The van der Waals surface area contributed by atoms with E-state index < -0.39 is 5.97 Å². The van der Waals surface area contributed by atoms with Crippen molar-refractivity contribution in [3.05, 3.63) is 16.1 Å². The van der Waals surface area contributed by atoms with Gasteiger partial charge in [-0.1, -0.05) is 6.92 Å². The van der Waals surface area contributed by atoms with Gasteiger partial charge in [0.05, 0.1) is 18.7 Å². The van der Waals surface area contributed by atoms with Crippen molar-refractivity contribution >= 4 is 17.3 Å². The van der Waals surface area contributed by atoms with E-state index in [1.807, 2.05) is 5.38 Å². The molecule has 1 atom stereocenters. The van der Waals surface area contributed by atoms with Gasteiger partial charge in [-0.25, -0.2) is 4.98 Å². The monoisotopic (exact) mass is 241 g/mol. The number of carboxylic acid groups (broad SMARTS) is 1. The Kier molecular flexibility index (Phi) is 3.25. The molecule has 1 fully saturated rings. The van der Waals surface area contributed by atoms with Crippen LogP contribution in [0.3, 0.4) is 0 Å². The second-order valence-corrected chi connectivity index (χ2v) is 5.26. The number of hydrogen-bond acceptors (Lipinski definition) is 4. The Morgan fingerprint density at radius 3 is 3.19 bits per heavy atom. The average Bonchev–Trinajstić information content (AvgIpc) is 2.84. The number of carbonyl (C=O) groups is 1. The molecule has 0 aliphatic carbocycles. The predicted molar refractivity (Wildman–Crippen MR) is 60.9 cm³/mol. The van der Waals surface area contributed by atoms with Gasteiger partial charge in [0.1, 0.15) is 5.01 Å². The minimum absolute atomic E-state index is 0.0339. The first-order chi connectivity index (χ1) is 7.60. The van der Waals surface area contributed by atoms with Gasteiger partial charge in [-0.2, -0.15) is 0 Å². The number of aromatic nitrogens is 1. The van der Waals surface area contributed by atoms with Gasteiger partial charge in [0, 0.05) is 23.8 Å². The van der Waals surface area contributed by atoms with Crippen LogP contribution in [0.1, 0.15) is 30.5 Å². The zero-order chi connectivity index (χ0) is 11.6. The van der Waals surface area contributed by atoms with Gasteiger partial charge < -0.3 is 9.84 Å². The van der Waals surface area contributed by atoms with Crippen LogP contribution in [0.5, 0.6) is 0 Å². The van der Waals surface area contributed by atoms with E-state index >= 15 is 0 Å². The largest absolute Gasteiger partial charge is 0.481 e. The Balaban J connectivity index is 2.04. The normalized spacial score (nSPS) is 24.8. The number of carboxylic acids is 1. The molecule has 5 heteroatoms. The van der Waals surface area contributed by atoms with Crippen molar-refractivity contribution in [3.8, 4) is 0 Å². The molecule has 4 nitrogen and oxygen atoms in total. The summed E-state index contributed by atoms with van der Waals surface area (Å²) in [4.78, 5) is 15.0. The van der Waals surface area contributed by atoms with Gasteiger partial charge in [-0.05, 0) is 6.42 Å². The van der Waals surface area contributed by atoms with E-state index in [2.05, 4.69) is 11.9 Å². The van der Waals surface area contributed by atoms with Crippen LogP contribution in [0.4, 0.5) is 0 Å². The Morgan fingerprint density at radius 2 is 2.56 bits per heavy atom. The molecule has 0 bridgehead atoms. The second kappa shape index (κ2) is 4.51. The summed E-state index contributed by atoms with van der Waals surface area (Å²) in [6, 6.07) is 0. The summed E-state index contributed by atoms with van der Waals surface area (Å²) >= 11 is 1.61. The van der Waals surface area contributed by atoms with E-state index in [0.717, 1.165) is 30.3 Å². The average molecular weight is 241 g/mol. The fourth-order valence-electron chi connectivity index (χ4n) is 1.77. The molecule has 2 heterocycles. The Hall–Kier alpha value is -0.940. The quantitative estimate of drug-likeness (QED) is 0.873. The van der Waals surface area contributed by atoms with E-state index in [0.29, 0.717) is 6.42 Å². The number of thiazole rings is 1. The van der Waals surface area contributed by atoms with Crippen molar-refractivity contribution in [3.63, 3.8) is 0 Å². The first-order valence-corrected chi connectivity index (χ1v) is 6.22. The summed E-state index contributed by atoms with van der Waals surface area (Å²) in [7, 11) is 0. The molecule has 0 amide bonds. The molecule has 1 aliphatic heterocycles. The van der Waals surface area contributed by atoms with Gasteiger partial charge in [-0.15, -0.1) is 11.3 Å². The maximum absolute atomic E-state index is 10.5. The first kappa shape index (κ1) is 11.5. The number of nitrogens with zero attached hydrogens (tertiary/aromatic N) is 1. The van der Waals surface area contributed by atoms with Crippen LogP contribution in [-0.2, 0) is 21.4 Å². The highest BCUT2D eigenvalue weighted by atomic mass is 32.1. The molecule has 0 aromatic carbocycles. The first-order valence-electron chi connectivity index (χ1n) is 5.35. The van der Waals surface area contributed by atoms with Crippen LogP contribution >= 0.6 is 11.3 Å². The molecule has 2 rings (SSSR count). The summed E-state index contributed by atoms with van der Waals surface area (Å²) in [5, 5.41) is 11.6. The van der Waals surface area contributed by atoms with Crippen molar-refractivity contribution in [1.29, 1.82) is 0 Å². The molecule has 1 saturated heterocycles. The highest BCUT2D eigenvalue weighted by Gasteiger charge is 2.34. The van der Waals surface area contributed by atoms with E-state index in [-0.39, 0.29) is 11.8 Å². The lowest BCUT2D eigenvalue weighted by molar-refractivity contribution is -0.136. The Bertz CT molecular complexity index is 382. The number of aliphatic carboxylic acids is 1. The predicted octanol–water partition coefficient (Wildman–Crippen LogP) is 1.84. The van der Waals surface area contributed by atoms with Gasteiger partial charge in [0.15, 0.2) is 0 Å². The lowest BCUT2D eigenvalue weighted by atomic mass is 9.91. The van der Waals surface area contributed by atoms with E-state index in [9.17, 15) is 4.79 Å². The molecule has 1 aliphatic rings. The smallest absolute Gasteiger partial charge is 0.303 e. The van der Waals surface area contributed by atoms with Crippen LogP contribution in [0.2, 0.25) is 0 Å². The van der Waals surface area contributed by atoms with Crippen molar-refractivity contribution in [1.82, 2.24) is 4.98 Å². The zero-order valence-corrected chi connectivity index (χ0v) is 10.0. The molecular weight excluding hydrogens is 226 g/mol. The summed E-state index contributed by atoms with van der Waals surface area (Å²) < 4.78 is 5.39. The molecule has 1 N–H and O–H groups in total. The summed E-state index contributed by atoms with van der Waals surface area (Å²) in [6.07, 6.45) is 1.66. The number of aryl methyl sites for hydroxylation is 1. The number of hydrogen-bond donors (Lipinski definition) is 1. The highest BCUT2D eigenvalue weighted by Crippen LogP contribution is 2.34. The standard InChI is InChI=1S/C11H15NO3S/c1-11(4-5-15-7-11)10-12-8(6-16-10)2-3-9(13)14/h6H,2-5,7H2,1H3,(H,13,14). The molecule has 1 aromatic rings. The van der Waals surface area contributed by atoms with Gasteiger partial charge >= 0.3 is 5.97 Å². The topological polar surface area (TPSA) is 59.4 Å². The molecule has 16 heavy (non-hydrogen) atoms. The number of ether oxygens (including phenoxy) is 1. The molecule has 1 unspecified atom stereocenters. The maximum atomic E-state index is 10.5. The van der Waals surface area contributed by atoms with Gasteiger partial charge in [0.25, 0.3) is 0 Å². The molecule has 0 saturated carbocycles. The van der Waals surface area contributed by atoms with Gasteiger partial charge in [0.2, 0.25) is 0 Å². The van der Waals surface area contributed by atoms with E-state index in [1.54, 1.807) is 11.3 Å².